The number of esters is 1. The lowest BCUT2D eigenvalue weighted by Gasteiger charge is -2.13. The average molecular weight is 306 g/mol. The summed E-state index contributed by atoms with van der Waals surface area (Å²) in [7, 11) is 1.28. The molecule has 1 aromatic rings. The predicted molar refractivity (Wildman–Crippen MR) is 84.4 cm³/mol. The van der Waals surface area contributed by atoms with E-state index in [1.54, 1.807) is 25.1 Å². The van der Waals surface area contributed by atoms with Crippen LogP contribution in [0.3, 0.4) is 0 Å². The van der Waals surface area contributed by atoms with Gasteiger partial charge in [-0.3, -0.25) is 4.79 Å². The molecule has 1 aromatic carbocycles. The topological polar surface area (TPSA) is 55.4 Å². The summed E-state index contributed by atoms with van der Waals surface area (Å²) in [4.78, 5) is 23.9. The van der Waals surface area contributed by atoms with Gasteiger partial charge in [-0.25, -0.2) is 4.79 Å². The standard InChI is InChI=1S/C16H16ClNO3/c1-5-12(9-11(3)17)15(19)18-14-10(2)7-6-8-13(14)16(20)21-4/h5-9H,1,3H2,2,4H3,(H,18,19)/b12-9+. The van der Waals surface area contributed by atoms with Gasteiger partial charge in [-0.2, -0.15) is 0 Å². The van der Waals surface area contributed by atoms with Crippen molar-refractivity contribution in [1.29, 1.82) is 0 Å². The number of methoxy groups -OCH3 is 1. The van der Waals surface area contributed by atoms with Gasteiger partial charge in [-0.1, -0.05) is 43.0 Å². The van der Waals surface area contributed by atoms with Gasteiger partial charge in [0.1, 0.15) is 0 Å². The highest BCUT2D eigenvalue weighted by atomic mass is 35.5. The van der Waals surface area contributed by atoms with Gasteiger partial charge in [0.05, 0.1) is 18.4 Å². The normalized spacial score (nSPS) is 10.7. The number of rotatable bonds is 5. The molecule has 5 heteroatoms. The van der Waals surface area contributed by atoms with Crippen LogP contribution < -0.4 is 5.32 Å². The van der Waals surface area contributed by atoms with Gasteiger partial charge < -0.3 is 10.1 Å². The van der Waals surface area contributed by atoms with Gasteiger partial charge >= 0.3 is 5.97 Å². The van der Waals surface area contributed by atoms with E-state index in [0.29, 0.717) is 5.69 Å². The zero-order chi connectivity index (χ0) is 16.0. The summed E-state index contributed by atoms with van der Waals surface area (Å²) in [5, 5.41) is 2.88. The second kappa shape index (κ2) is 7.45. The van der Waals surface area contributed by atoms with E-state index < -0.39 is 11.9 Å². The maximum Gasteiger partial charge on any atom is 0.339 e. The number of para-hydroxylation sites is 1. The smallest absolute Gasteiger partial charge is 0.339 e. The molecule has 0 saturated heterocycles. The number of carbonyl (C=O) groups excluding carboxylic acids is 2. The lowest BCUT2D eigenvalue weighted by atomic mass is 10.1. The molecule has 0 bridgehead atoms. The summed E-state index contributed by atoms with van der Waals surface area (Å²) in [6.07, 6.45) is 2.75. The van der Waals surface area contributed by atoms with Crippen molar-refractivity contribution in [3.05, 3.63) is 65.2 Å². The van der Waals surface area contributed by atoms with Gasteiger partial charge in [0.25, 0.3) is 5.91 Å². The van der Waals surface area contributed by atoms with Crippen LogP contribution in [0.1, 0.15) is 15.9 Å². The first-order valence-corrected chi connectivity index (χ1v) is 6.46. The minimum Gasteiger partial charge on any atom is -0.465 e. The molecule has 1 rings (SSSR count). The molecule has 0 aromatic heterocycles. The molecule has 0 unspecified atom stereocenters. The van der Waals surface area contributed by atoms with Gasteiger partial charge in [0.15, 0.2) is 0 Å². The molecule has 0 aliphatic heterocycles. The second-order valence-corrected chi connectivity index (χ2v) is 4.68. The number of hydrogen-bond acceptors (Lipinski definition) is 3. The monoisotopic (exact) mass is 305 g/mol. The fourth-order valence-corrected chi connectivity index (χ4v) is 1.80. The Bertz CT molecular complexity index is 632. The van der Waals surface area contributed by atoms with Crippen LogP contribution in [0.15, 0.2) is 54.1 Å². The molecule has 110 valence electrons. The van der Waals surface area contributed by atoms with Gasteiger partial charge in [0.2, 0.25) is 0 Å². The molecule has 21 heavy (non-hydrogen) atoms. The summed E-state index contributed by atoms with van der Waals surface area (Å²) in [6.45, 7) is 8.83. The minimum atomic E-state index is -0.528. The van der Waals surface area contributed by atoms with Crippen molar-refractivity contribution >= 4 is 29.2 Å². The van der Waals surface area contributed by atoms with Crippen molar-refractivity contribution in [2.75, 3.05) is 12.4 Å². The van der Waals surface area contributed by atoms with E-state index in [1.165, 1.54) is 19.3 Å². The molecule has 1 N–H and O–H groups in total. The van der Waals surface area contributed by atoms with Crippen molar-refractivity contribution in [2.24, 2.45) is 0 Å². The average Bonchev–Trinajstić information content (AvgIpc) is 2.45. The van der Waals surface area contributed by atoms with Crippen molar-refractivity contribution in [1.82, 2.24) is 0 Å². The van der Waals surface area contributed by atoms with Crippen LogP contribution >= 0.6 is 11.6 Å². The molecule has 0 fully saturated rings. The summed E-state index contributed by atoms with van der Waals surface area (Å²) in [6, 6.07) is 5.06. The van der Waals surface area contributed by atoms with E-state index in [-0.39, 0.29) is 16.2 Å². The van der Waals surface area contributed by atoms with Crippen LogP contribution in [-0.2, 0) is 9.53 Å². The van der Waals surface area contributed by atoms with Crippen LogP contribution in [-0.4, -0.2) is 19.0 Å². The maximum absolute atomic E-state index is 12.2. The van der Waals surface area contributed by atoms with E-state index in [1.807, 2.05) is 0 Å². The molecular formula is C16H16ClNO3. The number of amides is 1. The first kappa shape index (κ1) is 16.7. The Morgan fingerprint density at radius 1 is 1.38 bits per heavy atom. The highest BCUT2D eigenvalue weighted by Gasteiger charge is 2.16. The van der Waals surface area contributed by atoms with E-state index in [0.717, 1.165) is 5.56 Å². The molecule has 4 nitrogen and oxygen atoms in total. The van der Waals surface area contributed by atoms with Crippen LogP contribution in [0.5, 0.6) is 0 Å². The first-order valence-electron chi connectivity index (χ1n) is 6.08. The molecule has 0 spiro atoms. The largest absolute Gasteiger partial charge is 0.465 e. The number of ether oxygens (including phenoxy) is 1. The number of hydrogen-bond donors (Lipinski definition) is 1. The molecular weight excluding hydrogens is 290 g/mol. The number of aryl methyl sites for hydroxylation is 1. The van der Waals surface area contributed by atoms with E-state index in [9.17, 15) is 9.59 Å². The number of halogens is 1. The Labute approximate surface area is 128 Å². The summed E-state index contributed by atoms with van der Waals surface area (Å²) in [5.74, 6) is -0.967. The van der Waals surface area contributed by atoms with Gasteiger partial charge in [0, 0.05) is 10.6 Å². The van der Waals surface area contributed by atoms with Crippen LogP contribution in [0.25, 0.3) is 0 Å². The Balaban J connectivity index is 3.18. The lowest BCUT2D eigenvalue weighted by molar-refractivity contribution is -0.112. The number of nitrogens with one attached hydrogen (secondary N) is 1. The number of anilines is 1. The third kappa shape index (κ3) is 4.33. The molecule has 0 aliphatic rings. The zero-order valence-corrected chi connectivity index (χ0v) is 12.7. The van der Waals surface area contributed by atoms with Crippen molar-refractivity contribution in [3.8, 4) is 0 Å². The van der Waals surface area contributed by atoms with Crippen LogP contribution in [0, 0.1) is 6.92 Å². The highest BCUT2D eigenvalue weighted by Crippen LogP contribution is 2.22. The maximum atomic E-state index is 12.2. The van der Waals surface area contributed by atoms with Crippen molar-refractivity contribution in [3.63, 3.8) is 0 Å². The van der Waals surface area contributed by atoms with E-state index in [2.05, 4.69) is 18.5 Å². The molecule has 0 radical (unpaired) electrons. The first-order chi connectivity index (χ1) is 9.90. The summed E-state index contributed by atoms with van der Waals surface area (Å²) < 4.78 is 4.70. The third-order valence-electron chi connectivity index (χ3n) is 2.71. The number of carbonyl (C=O) groups is 2. The lowest BCUT2D eigenvalue weighted by Crippen LogP contribution is -2.17. The van der Waals surface area contributed by atoms with E-state index >= 15 is 0 Å². The van der Waals surface area contributed by atoms with Crippen molar-refractivity contribution in [2.45, 2.75) is 6.92 Å². The zero-order valence-electron chi connectivity index (χ0n) is 11.9. The Morgan fingerprint density at radius 3 is 2.57 bits per heavy atom. The molecule has 1 amide bonds. The number of benzene rings is 1. The number of allylic oxidation sites excluding steroid dienone is 2. The van der Waals surface area contributed by atoms with Crippen LogP contribution in [0.2, 0.25) is 0 Å². The Hall–Kier alpha value is -2.33. The molecule has 0 saturated carbocycles. The molecule has 0 aliphatic carbocycles. The van der Waals surface area contributed by atoms with Crippen LogP contribution in [0.4, 0.5) is 5.69 Å². The fraction of sp³-hybridized carbons (Fsp3) is 0.125. The predicted octanol–water partition coefficient (Wildman–Crippen LogP) is 3.59. The molecule has 0 heterocycles. The Morgan fingerprint density at radius 2 is 2.05 bits per heavy atom. The molecule has 0 atom stereocenters. The summed E-state index contributed by atoms with van der Waals surface area (Å²) in [5.41, 5.74) is 1.65. The second-order valence-electron chi connectivity index (χ2n) is 4.19. The summed E-state index contributed by atoms with van der Waals surface area (Å²) >= 11 is 5.66. The quantitative estimate of drug-likeness (QED) is 0.514. The van der Waals surface area contributed by atoms with Crippen molar-refractivity contribution < 1.29 is 14.3 Å². The minimum absolute atomic E-state index is 0.207. The van der Waals surface area contributed by atoms with Gasteiger partial charge in [-0.05, 0) is 24.6 Å². The van der Waals surface area contributed by atoms with E-state index in [4.69, 9.17) is 16.3 Å². The van der Waals surface area contributed by atoms with Gasteiger partial charge in [-0.15, -0.1) is 0 Å². The third-order valence-corrected chi connectivity index (χ3v) is 2.82. The highest BCUT2D eigenvalue weighted by molar-refractivity contribution is 6.31. The fourth-order valence-electron chi connectivity index (χ4n) is 1.69. The Kier molecular flexibility index (Phi) is 5.93. The SMILES string of the molecule is C=C/C(=C\C(=C)Cl)C(=O)Nc1c(C)cccc1C(=O)OC.